The van der Waals surface area contributed by atoms with E-state index in [4.69, 9.17) is 19.1 Å². The lowest BCUT2D eigenvalue weighted by Gasteiger charge is -2.26. The lowest BCUT2D eigenvalue weighted by Crippen LogP contribution is -2.39. The molecule has 1 aliphatic carbocycles. The summed E-state index contributed by atoms with van der Waals surface area (Å²) < 4.78 is 24.7. The lowest BCUT2D eigenvalue weighted by molar-refractivity contribution is -0.122. The van der Waals surface area contributed by atoms with E-state index in [0.29, 0.717) is 33.8 Å². The predicted molar refractivity (Wildman–Crippen MR) is 132 cm³/mol. The van der Waals surface area contributed by atoms with Gasteiger partial charge in [0.1, 0.15) is 5.75 Å². The van der Waals surface area contributed by atoms with Gasteiger partial charge < -0.3 is 30.2 Å². The van der Waals surface area contributed by atoms with E-state index in [1.807, 2.05) is 0 Å². The maximum atomic E-state index is 14.4. The molecule has 2 aromatic carbocycles. The summed E-state index contributed by atoms with van der Waals surface area (Å²) in [6.45, 7) is -0.250. The number of amides is 1. The third-order valence-corrected chi connectivity index (χ3v) is 5.57. The highest BCUT2D eigenvalue weighted by molar-refractivity contribution is 5.97. The van der Waals surface area contributed by atoms with E-state index >= 15 is 0 Å². The third-order valence-electron chi connectivity index (χ3n) is 5.57. The van der Waals surface area contributed by atoms with Gasteiger partial charge in [0, 0.05) is 23.5 Å². The normalized spacial score (nSPS) is 12.6. The first-order valence-electron chi connectivity index (χ1n) is 11.2. The van der Waals surface area contributed by atoms with E-state index in [1.54, 1.807) is 36.4 Å². The third kappa shape index (κ3) is 6.01. The van der Waals surface area contributed by atoms with Crippen LogP contribution in [0.1, 0.15) is 29.6 Å². The van der Waals surface area contributed by atoms with Crippen LogP contribution >= 0.6 is 0 Å². The first-order chi connectivity index (χ1) is 17.9. The van der Waals surface area contributed by atoms with Crippen molar-refractivity contribution >= 4 is 46.6 Å². The van der Waals surface area contributed by atoms with Gasteiger partial charge in [-0.1, -0.05) is 0 Å². The minimum absolute atomic E-state index is 0.0637. The van der Waals surface area contributed by atoms with Gasteiger partial charge in [-0.2, -0.15) is 4.98 Å². The second-order valence-corrected chi connectivity index (χ2v) is 7.99. The molecule has 192 valence electrons. The van der Waals surface area contributed by atoms with Crippen molar-refractivity contribution in [1.29, 1.82) is 0 Å². The number of hydrogen-bond donors (Lipinski definition) is 5. The highest BCUT2D eigenvalue weighted by atomic mass is 19.1. The number of rotatable bonds is 7. The second-order valence-electron chi connectivity index (χ2n) is 7.99. The molecule has 12 nitrogen and oxygen atoms in total. The SMILES string of the molecule is COc1cc(Nc2ncc(F)c(Nc3ccc4oc(=O)[nH]c4c3)n2)ccc1C(=O)NC1CCC1.O=CO. The molecule has 1 fully saturated rings. The molecule has 1 aliphatic rings. The van der Waals surface area contributed by atoms with Gasteiger partial charge in [0.15, 0.2) is 17.2 Å². The molecule has 37 heavy (non-hydrogen) atoms. The van der Waals surface area contributed by atoms with Gasteiger partial charge in [-0.25, -0.2) is 14.2 Å². The number of carboxylic acid groups (broad SMARTS) is 1. The monoisotopic (exact) mass is 510 g/mol. The van der Waals surface area contributed by atoms with Gasteiger partial charge in [0.05, 0.1) is 24.4 Å². The summed E-state index contributed by atoms with van der Waals surface area (Å²) in [5, 5.41) is 15.7. The molecule has 0 radical (unpaired) electrons. The summed E-state index contributed by atoms with van der Waals surface area (Å²) in [4.78, 5) is 42.9. The fourth-order valence-corrected chi connectivity index (χ4v) is 3.58. The molecule has 5 N–H and O–H groups in total. The van der Waals surface area contributed by atoms with E-state index < -0.39 is 11.6 Å². The molecule has 5 rings (SSSR count). The summed E-state index contributed by atoms with van der Waals surface area (Å²) in [6, 6.07) is 10.0. The summed E-state index contributed by atoms with van der Waals surface area (Å²) >= 11 is 0. The molecule has 1 amide bonds. The fourth-order valence-electron chi connectivity index (χ4n) is 3.58. The van der Waals surface area contributed by atoms with Crippen molar-refractivity contribution in [2.75, 3.05) is 17.7 Å². The largest absolute Gasteiger partial charge is 0.496 e. The Bertz CT molecular complexity index is 1480. The van der Waals surface area contributed by atoms with Gasteiger partial charge in [0.25, 0.3) is 12.4 Å². The van der Waals surface area contributed by atoms with E-state index in [9.17, 15) is 14.0 Å². The van der Waals surface area contributed by atoms with Crippen LogP contribution in [-0.4, -0.2) is 45.6 Å². The Kier molecular flexibility index (Phi) is 7.62. The van der Waals surface area contributed by atoms with Crippen LogP contribution in [0.2, 0.25) is 0 Å². The zero-order valence-electron chi connectivity index (χ0n) is 19.6. The van der Waals surface area contributed by atoms with E-state index in [0.717, 1.165) is 25.5 Å². The van der Waals surface area contributed by atoms with Crippen molar-refractivity contribution in [3.63, 3.8) is 0 Å². The molecule has 0 spiro atoms. The number of oxazole rings is 1. The quantitative estimate of drug-likeness (QED) is 0.232. The van der Waals surface area contributed by atoms with Gasteiger partial charge in [-0.05, 0) is 49.6 Å². The van der Waals surface area contributed by atoms with Crippen LogP contribution < -0.4 is 26.4 Å². The van der Waals surface area contributed by atoms with Crippen molar-refractivity contribution in [3.8, 4) is 5.75 Å². The van der Waals surface area contributed by atoms with Gasteiger partial charge in [-0.3, -0.25) is 14.6 Å². The summed E-state index contributed by atoms with van der Waals surface area (Å²) in [6.07, 6.45) is 4.13. The number of H-pyrrole nitrogens is 1. The van der Waals surface area contributed by atoms with E-state index in [2.05, 4.69) is 30.9 Å². The molecule has 0 atom stereocenters. The minimum Gasteiger partial charge on any atom is -0.496 e. The highest BCUT2D eigenvalue weighted by Gasteiger charge is 2.22. The molecule has 2 heterocycles. The fraction of sp³-hybridized carbons (Fsp3) is 0.208. The van der Waals surface area contributed by atoms with E-state index in [-0.39, 0.29) is 30.2 Å². The predicted octanol–water partition coefficient (Wildman–Crippen LogP) is 3.53. The minimum atomic E-state index is -0.660. The molecule has 0 bridgehead atoms. The van der Waals surface area contributed by atoms with Gasteiger partial charge in [-0.15, -0.1) is 0 Å². The van der Waals surface area contributed by atoms with Crippen LogP contribution in [0, 0.1) is 5.82 Å². The number of carbonyl (C=O) groups is 2. The topological polar surface area (TPSA) is 171 Å². The van der Waals surface area contributed by atoms with Crippen molar-refractivity contribution in [3.05, 3.63) is 64.5 Å². The number of methoxy groups -OCH3 is 1. The Balaban J connectivity index is 0.00000102. The number of hydrogen-bond acceptors (Lipinski definition) is 9. The number of ether oxygens (including phenoxy) is 1. The molecule has 0 saturated heterocycles. The van der Waals surface area contributed by atoms with Crippen LogP contribution in [0.25, 0.3) is 11.1 Å². The molecule has 1 saturated carbocycles. The number of nitrogens with one attached hydrogen (secondary N) is 4. The van der Waals surface area contributed by atoms with Crippen LogP contribution in [0.4, 0.5) is 27.5 Å². The number of halogens is 1. The van der Waals surface area contributed by atoms with Gasteiger partial charge >= 0.3 is 5.76 Å². The molecule has 2 aromatic heterocycles. The number of nitrogens with zero attached hydrogens (tertiary/aromatic N) is 2. The number of benzene rings is 2. The average Bonchev–Trinajstić information content (AvgIpc) is 3.23. The first-order valence-corrected chi connectivity index (χ1v) is 11.2. The van der Waals surface area contributed by atoms with Crippen LogP contribution in [0.15, 0.2) is 51.8 Å². The molecule has 0 unspecified atom stereocenters. The maximum absolute atomic E-state index is 14.4. The van der Waals surface area contributed by atoms with E-state index in [1.165, 1.54) is 7.11 Å². The smallest absolute Gasteiger partial charge is 0.417 e. The number of aromatic nitrogens is 3. The Morgan fingerprint density at radius 2 is 1.95 bits per heavy atom. The van der Waals surface area contributed by atoms with Crippen LogP contribution in [0.3, 0.4) is 0 Å². The number of anilines is 4. The zero-order valence-corrected chi connectivity index (χ0v) is 19.6. The molecular weight excluding hydrogens is 487 g/mol. The van der Waals surface area contributed by atoms with Crippen molar-refractivity contribution in [2.24, 2.45) is 0 Å². The van der Waals surface area contributed by atoms with Crippen LogP contribution in [0.5, 0.6) is 5.75 Å². The average molecular weight is 510 g/mol. The first kappa shape index (κ1) is 25.2. The standard InChI is InChI=1S/C23H21FN6O4.CH2O2/c1-33-19-10-14(5-7-15(19)21(31)27-12-3-2-4-12)28-22-25-11-16(24)20(30-22)26-13-6-8-18-17(9-13)29-23(32)34-18;2-1-3/h5-12H,2-4H2,1H3,(H,27,31)(H,29,32)(H2,25,26,28,30);1H,(H,2,3). The highest BCUT2D eigenvalue weighted by Crippen LogP contribution is 2.27. The lowest BCUT2D eigenvalue weighted by atomic mass is 9.93. The Morgan fingerprint density at radius 1 is 1.22 bits per heavy atom. The Labute approximate surface area is 208 Å². The van der Waals surface area contributed by atoms with Crippen molar-refractivity contribution in [1.82, 2.24) is 20.3 Å². The second kappa shape index (κ2) is 11.2. The molecule has 4 aromatic rings. The number of carbonyl (C=O) groups excluding carboxylic acids is 1. The van der Waals surface area contributed by atoms with Crippen molar-refractivity contribution < 1.29 is 28.2 Å². The summed E-state index contributed by atoms with van der Waals surface area (Å²) in [5.41, 5.74) is 2.34. The molecule has 13 heteroatoms. The summed E-state index contributed by atoms with van der Waals surface area (Å²) in [5.74, 6) is -0.958. The van der Waals surface area contributed by atoms with Gasteiger partial charge in [0.2, 0.25) is 5.95 Å². The Hall–Kier alpha value is -4.94. The number of aromatic amines is 1. The Morgan fingerprint density at radius 3 is 2.65 bits per heavy atom. The van der Waals surface area contributed by atoms with Crippen LogP contribution in [-0.2, 0) is 4.79 Å². The molecule has 0 aliphatic heterocycles. The summed E-state index contributed by atoms with van der Waals surface area (Å²) in [7, 11) is 1.49. The number of fused-ring (bicyclic) bond motifs is 1. The van der Waals surface area contributed by atoms with Crippen molar-refractivity contribution in [2.45, 2.75) is 25.3 Å². The zero-order chi connectivity index (χ0) is 26.4. The molecular formula is C24H23FN6O6. The maximum Gasteiger partial charge on any atom is 0.417 e.